The molecule has 0 saturated carbocycles. The molecule has 0 bridgehead atoms. The summed E-state index contributed by atoms with van der Waals surface area (Å²) in [6.45, 7) is 6.35. The summed E-state index contributed by atoms with van der Waals surface area (Å²) in [6.07, 6.45) is 1.87. The number of ether oxygens (including phenoxy) is 1. The van der Waals surface area contributed by atoms with Crippen LogP contribution in [0.15, 0.2) is 194 Å². The Balaban J connectivity index is 1.18. The Morgan fingerprint density at radius 1 is 0.492 bits per heavy atom. The molecule has 0 aliphatic carbocycles. The Morgan fingerprint density at radius 3 is 1.86 bits per heavy atom. The molecule has 284 valence electrons. The fraction of sp³-hybridized carbons (Fsp3) is 0.0741. The van der Waals surface area contributed by atoms with E-state index in [1.165, 1.54) is 22.1 Å². The lowest BCUT2D eigenvalue weighted by atomic mass is 9.84. The van der Waals surface area contributed by atoms with E-state index in [2.05, 4.69) is 212 Å². The third-order valence-corrected chi connectivity index (χ3v) is 11.1. The first kappa shape index (κ1) is 35.9. The van der Waals surface area contributed by atoms with Crippen LogP contribution in [0.3, 0.4) is 0 Å². The number of pyridine rings is 1. The number of fused-ring (bicyclic) bond motifs is 3. The van der Waals surface area contributed by atoms with Crippen LogP contribution in [0.25, 0.3) is 55.7 Å². The standard InChI is InChI=1S/C54H42N4O/c1-36-23-25-41(26-24-36)52-53(42-19-11-6-12-20-42)56-58(54(52)51(39-15-7-4-8-16-39)40-17-9-5-10-18-40)43-31-38(3)32-45(34-43)59-44-27-28-47-46-21-13-14-22-48(46)57(49(47)35-44)50-33-37(2)29-30-55-50/h4-35,51H,1-3H3. The van der Waals surface area contributed by atoms with Gasteiger partial charge in [-0.05, 0) is 91.1 Å². The maximum atomic E-state index is 6.85. The fourth-order valence-corrected chi connectivity index (χ4v) is 8.45. The van der Waals surface area contributed by atoms with Crippen molar-refractivity contribution >= 4 is 21.8 Å². The molecule has 0 amide bonds. The van der Waals surface area contributed by atoms with Gasteiger partial charge >= 0.3 is 0 Å². The minimum atomic E-state index is -0.136. The van der Waals surface area contributed by atoms with Gasteiger partial charge in [-0.25, -0.2) is 9.67 Å². The van der Waals surface area contributed by atoms with Crippen LogP contribution < -0.4 is 4.74 Å². The number of benzene rings is 7. The number of hydrogen-bond acceptors (Lipinski definition) is 3. The molecule has 10 aromatic rings. The normalized spacial score (nSPS) is 11.5. The molecule has 0 radical (unpaired) electrons. The van der Waals surface area contributed by atoms with Crippen molar-refractivity contribution in [3.05, 3.63) is 228 Å². The van der Waals surface area contributed by atoms with E-state index in [1.54, 1.807) is 0 Å². The van der Waals surface area contributed by atoms with Gasteiger partial charge in [-0.15, -0.1) is 0 Å². The highest BCUT2D eigenvalue weighted by molar-refractivity contribution is 6.09. The summed E-state index contributed by atoms with van der Waals surface area (Å²) in [7, 11) is 0. The van der Waals surface area contributed by atoms with E-state index in [1.807, 2.05) is 12.3 Å². The zero-order chi connectivity index (χ0) is 39.9. The molecule has 59 heavy (non-hydrogen) atoms. The quantitative estimate of drug-likeness (QED) is 0.147. The minimum absolute atomic E-state index is 0.136. The second-order valence-electron chi connectivity index (χ2n) is 15.3. The molecule has 0 saturated heterocycles. The summed E-state index contributed by atoms with van der Waals surface area (Å²) in [4.78, 5) is 4.79. The zero-order valence-corrected chi connectivity index (χ0v) is 33.2. The molecule has 0 N–H and O–H groups in total. The third kappa shape index (κ3) is 6.77. The van der Waals surface area contributed by atoms with Crippen LogP contribution in [-0.4, -0.2) is 19.3 Å². The highest BCUT2D eigenvalue weighted by atomic mass is 16.5. The maximum absolute atomic E-state index is 6.85. The van der Waals surface area contributed by atoms with Crippen LogP contribution in [0.2, 0.25) is 0 Å². The van der Waals surface area contributed by atoms with E-state index in [-0.39, 0.29) is 5.92 Å². The highest BCUT2D eigenvalue weighted by Crippen LogP contribution is 2.45. The van der Waals surface area contributed by atoms with Gasteiger partial charge in [0.25, 0.3) is 0 Å². The predicted octanol–water partition coefficient (Wildman–Crippen LogP) is 13.6. The number of rotatable bonds is 9. The molecule has 0 spiro atoms. The van der Waals surface area contributed by atoms with Crippen molar-refractivity contribution in [1.82, 2.24) is 19.3 Å². The Morgan fingerprint density at radius 2 is 1.15 bits per heavy atom. The molecule has 0 unspecified atom stereocenters. The summed E-state index contributed by atoms with van der Waals surface area (Å²) < 4.78 is 11.2. The molecule has 0 atom stereocenters. The Hall–Kier alpha value is -7.50. The fourth-order valence-electron chi connectivity index (χ4n) is 8.45. The summed E-state index contributed by atoms with van der Waals surface area (Å²) in [5.41, 5.74) is 14.1. The highest BCUT2D eigenvalue weighted by Gasteiger charge is 2.30. The average molecular weight is 763 g/mol. The van der Waals surface area contributed by atoms with Crippen molar-refractivity contribution in [2.45, 2.75) is 26.7 Å². The van der Waals surface area contributed by atoms with Crippen molar-refractivity contribution in [3.63, 3.8) is 0 Å². The minimum Gasteiger partial charge on any atom is -0.457 e. The van der Waals surface area contributed by atoms with Gasteiger partial charge in [0.05, 0.1) is 28.3 Å². The van der Waals surface area contributed by atoms with Gasteiger partial charge in [0.2, 0.25) is 0 Å². The number of aryl methyl sites for hydroxylation is 3. The first-order valence-electron chi connectivity index (χ1n) is 20.1. The van der Waals surface area contributed by atoms with Crippen molar-refractivity contribution in [2.24, 2.45) is 0 Å². The summed E-state index contributed by atoms with van der Waals surface area (Å²) in [5.74, 6) is 2.21. The number of para-hydroxylation sites is 1. The Kier molecular flexibility index (Phi) is 9.19. The van der Waals surface area contributed by atoms with Crippen molar-refractivity contribution in [2.75, 3.05) is 0 Å². The van der Waals surface area contributed by atoms with Crippen LogP contribution in [0, 0.1) is 20.8 Å². The summed E-state index contributed by atoms with van der Waals surface area (Å²) in [6, 6.07) is 66.3. The van der Waals surface area contributed by atoms with Crippen LogP contribution in [0.1, 0.15) is 39.4 Å². The zero-order valence-electron chi connectivity index (χ0n) is 33.2. The first-order valence-corrected chi connectivity index (χ1v) is 20.1. The predicted molar refractivity (Wildman–Crippen MR) is 241 cm³/mol. The summed E-state index contributed by atoms with van der Waals surface area (Å²) >= 11 is 0. The monoisotopic (exact) mass is 762 g/mol. The smallest absolute Gasteiger partial charge is 0.137 e. The van der Waals surface area contributed by atoms with Gasteiger partial charge in [0, 0.05) is 40.2 Å². The van der Waals surface area contributed by atoms with E-state index in [4.69, 9.17) is 14.8 Å². The molecule has 0 aliphatic rings. The van der Waals surface area contributed by atoms with E-state index < -0.39 is 0 Å². The molecule has 3 heterocycles. The molecular weight excluding hydrogens is 721 g/mol. The van der Waals surface area contributed by atoms with Gasteiger partial charge in [-0.2, -0.15) is 5.10 Å². The van der Waals surface area contributed by atoms with Gasteiger partial charge < -0.3 is 4.74 Å². The molecule has 10 rings (SSSR count). The van der Waals surface area contributed by atoms with Crippen molar-refractivity contribution in [1.29, 1.82) is 0 Å². The molecular formula is C54H42N4O. The van der Waals surface area contributed by atoms with Gasteiger partial charge in [0.1, 0.15) is 23.0 Å². The topological polar surface area (TPSA) is 44.9 Å². The van der Waals surface area contributed by atoms with Crippen LogP contribution in [0.4, 0.5) is 0 Å². The van der Waals surface area contributed by atoms with Gasteiger partial charge in [0.15, 0.2) is 0 Å². The lowest BCUT2D eigenvalue weighted by molar-refractivity contribution is 0.482. The molecule has 0 fully saturated rings. The van der Waals surface area contributed by atoms with Crippen LogP contribution >= 0.6 is 0 Å². The van der Waals surface area contributed by atoms with E-state index in [0.717, 1.165) is 78.6 Å². The Labute approximate surface area is 344 Å². The first-order chi connectivity index (χ1) is 29.0. The average Bonchev–Trinajstić information content (AvgIpc) is 3.81. The second-order valence-corrected chi connectivity index (χ2v) is 15.3. The number of hydrogen-bond donors (Lipinski definition) is 0. The second kappa shape index (κ2) is 15.1. The van der Waals surface area contributed by atoms with Crippen molar-refractivity contribution in [3.8, 4) is 45.4 Å². The number of nitrogens with zero attached hydrogens (tertiary/aromatic N) is 4. The van der Waals surface area contributed by atoms with Crippen LogP contribution in [0.5, 0.6) is 11.5 Å². The van der Waals surface area contributed by atoms with Crippen LogP contribution in [-0.2, 0) is 0 Å². The van der Waals surface area contributed by atoms with E-state index >= 15 is 0 Å². The SMILES string of the molecule is Cc1ccc(-c2c(-c3ccccc3)nn(-c3cc(C)cc(Oc4ccc5c6ccccc6n(-c6cc(C)ccn6)c5c4)c3)c2C(c2ccccc2)c2ccccc2)cc1. The number of aromatic nitrogens is 4. The van der Waals surface area contributed by atoms with Crippen molar-refractivity contribution < 1.29 is 4.74 Å². The molecule has 5 nitrogen and oxygen atoms in total. The van der Waals surface area contributed by atoms with E-state index in [9.17, 15) is 0 Å². The van der Waals surface area contributed by atoms with Gasteiger partial charge in [-0.1, -0.05) is 139 Å². The Bertz CT molecular complexity index is 3050. The lowest BCUT2D eigenvalue weighted by Gasteiger charge is -2.23. The molecule has 7 aromatic carbocycles. The largest absolute Gasteiger partial charge is 0.457 e. The van der Waals surface area contributed by atoms with Gasteiger partial charge in [-0.3, -0.25) is 4.57 Å². The molecule has 0 aliphatic heterocycles. The summed E-state index contributed by atoms with van der Waals surface area (Å²) in [5, 5.41) is 7.90. The van der Waals surface area contributed by atoms with E-state index in [0.29, 0.717) is 0 Å². The molecule has 3 aromatic heterocycles. The third-order valence-electron chi connectivity index (χ3n) is 11.1. The molecule has 5 heteroatoms. The lowest BCUT2D eigenvalue weighted by Crippen LogP contribution is -2.12. The maximum Gasteiger partial charge on any atom is 0.137 e.